The van der Waals surface area contributed by atoms with Gasteiger partial charge in [0, 0.05) is 36.9 Å². The minimum atomic E-state index is 0.655. The van der Waals surface area contributed by atoms with E-state index >= 15 is 0 Å². The first-order valence-corrected chi connectivity index (χ1v) is 18.0. The average molecular weight is 666 g/mol. The number of benzene rings is 8. The molecular formula is C47H27N3S. The fourth-order valence-electron chi connectivity index (χ4n) is 7.83. The molecule has 4 heteroatoms. The number of hydrogen-bond donors (Lipinski definition) is 0. The number of nitrogens with zero attached hydrogens (tertiary/aromatic N) is 3. The Bertz CT molecular complexity index is 3010. The molecule has 0 saturated carbocycles. The van der Waals surface area contributed by atoms with Gasteiger partial charge in [0.2, 0.25) is 0 Å². The first kappa shape index (κ1) is 28.4. The second-order valence-corrected chi connectivity index (χ2v) is 14.3. The van der Waals surface area contributed by atoms with Crippen LogP contribution in [-0.2, 0) is 0 Å². The molecule has 236 valence electrons. The van der Waals surface area contributed by atoms with Crippen LogP contribution in [0.3, 0.4) is 0 Å². The molecule has 0 bridgehead atoms. The van der Waals surface area contributed by atoms with Crippen LogP contribution in [0, 0.1) is 0 Å². The molecule has 2 heterocycles. The summed E-state index contributed by atoms with van der Waals surface area (Å²) < 4.78 is 2.62. The molecule has 0 amide bonds. The van der Waals surface area contributed by atoms with E-state index in [0.29, 0.717) is 17.5 Å². The summed E-state index contributed by atoms with van der Waals surface area (Å²) >= 11 is 1.88. The molecule has 0 fully saturated rings. The molecule has 0 unspecified atom stereocenters. The van der Waals surface area contributed by atoms with Gasteiger partial charge in [-0.05, 0) is 79.2 Å². The highest BCUT2D eigenvalue weighted by Crippen LogP contribution is 2.51. The van der Waals surface area contributed by atoms with E-state index in [1.807, 2.05) is 41.7 Å². The van der Waals surface area contributed by atoms with Crippen molar-refractivity contribution >= 4 is 53.1 Å². The van der Waals surface area contributed by atoms with Crippen molar-refractivity contribution in [3.8, 4) is 67.5 Å². The van der Waals surface area contributed by atoms with E-state index in [4.69, 9.17) is 15.0 Å². The van der Waals surface area contributed by atoms with E-state index in [0.717, 1.165) is 22.1 Å². The molecule has 8 aromatic carbocycles. The highest BCUT2D eigenvalue weighted by Gasteiger charge is 2.23. The lowest BCUT2D eigenvalue weighted by Crippen LogP contribution is -2.00. The standard InChI is InChI=1S/C47H27N3S/c1-2-10-31(11-3-1)45-48-46(50-47(49-45)34-24-19-28-9-4-5-12-33(28)25-34)32-22-20-29(21-23-32)35-15-8-18-41-44(35)40-26-38-36-16-6-13-30-14-7-17-37(43(30)36)39(38)27-42(40)51-41/h1-27H. The Balaban J connectivity index is 1.03. The SMILES string of the molecule is c1ccc(-c2nc(-c3ccc(-c4cccc5sc6cc7c(cc6c45)-c4cccc5cccc-7c45)cc3)nc(-c3ccc4ccccc4c3)n2)cc1. The Morgan fingerprint density at radius 3 is 1.65 bits per heavy atom. The highest BCUT2D eigenvalue weighted by molar-refractivity contribution is 7.26. The fourth-order valence-corrected chi connectivity index (χ4v) is 8.98. The van der Waals surface area contributed by atoms with Gasteiger partial charge in [0.25, 0.3) is 0 Å². The number of aromatic nitrogens is 3. The van der Waals surface area contributed by atoms with Crippen LogP contribution in [0.1, 0.15) is 0 Å². The minimum Gasteiger partial charge on any atom is -0.208 e. The van der Waals surface area contributed by atoms with Crippen LogP contribution in [0.4, 0.5) is 0 Å². The topological polar surface area (TPSA) is 38.7 Å². The van der Waals surface area contributed by atoms with Crippen molar-refractivity contribution < 1.29 is 0 Å². The van der Waals surface area contributed by atoms with Crippen LogP contribution in [0.5, 0.6) is 0 Å². The summed E-state index contributed by atoms with van der Waals surface area (Å²) in [6.45, 7) is 0. The van der Waals surface area contributed by atoms with Gasteiger partial charge in [-0.25, -0.2) is 15.0 Å². The van der Waals surface area contributed by atoms with Gasteiger partial charge in [0.1, 0.15) is 0 Å². The van der Waals surface area contributed by atoms with Gasteiger partial charge in [0.05, 0.1) is 0 Å². The van der Waals surface area contributed by atoms with Crippen LogP contribution in [0.15, 0.2) is 164 Å². The smallest absolute Gasteiger partial charge is 0.164 e. The summed E-state index contributed by atoms with van der Waals surface area (Å²) in [5, 5.41) is 7.63. The lowest BCUT2D eigenvalue weighted by atomic mass is 9.96. The molecule has 2 aromatic heterocycles. The third-order valence-corrected chi connectivity index (χ3v) is 11.4. The van der Waals surface area contributed by atoms with Crippen LogP contribution in [-0.4, -0.2) is 15.0 Å². The van der Waals surface area contributed by atoms with Gasteiger partial charge in [0.15, 0.2) is 17.5 Å². The van der Waals surface area contributed by atoms with Crippen molar-refractivity contribution in [3.05, 3.63) is 164 Å². The van der Waals surface area contributed by atoms with Crippen molar-refractivity contribution in [1.29, 1.82) is 0 Å². The van der Waals surface area contributed by atoms with E-state index in [2.05, 4.69) is 133 Å². The molecule has 1 aliphatic carbocycles. The molecule has 1 aliphatic rings. The van der Waals surface area contributed by atoms with E-state index < -0.39 is 0 Å². The number of thiophene rings is 1. The summed E-state index contributed by atoms with van der Waals surface area (Å²) in [5.74, 6) is 1.98. The Morgan fingerprint density at radius 1 is 0.314 bits per heavy atom. The molecular weight excluding hydrogens is 639 g/mol. The Kier molecular flexibility index (Phi) is 6.12. The molecule has 0 aliphatic heterocycles. The van der Waals surface area contributed by atoms with Crippen LogP contribution < -0.4 is 0 Å². The van der Waals surface area contributed by atoms with Crippen molar-refractivity contribution in [2.45, 2.75) is 0 Å². The van der Waals surface area contributed by atoms with Gasteiger partial charge in [-0.2, -0.15) is 0 Å². The number of rotatable bonds is 4. The van der Waals surface area contributed by atoms with Gasteiger partial charge in [-0.1, -0.05) is 140 Å². The Morgan fingerprint density at radius 2 is 0.882 bits per heavy atom. The summed E-state index contributed by atoms with van der Waals surface area (Å²) in [6, 6.07) is 58.5. The molecule has 0 radical (unpaired) electrons. The van der Waals surface area contributed by atoms with Gasteiger partial charge in [-0.3, -0.25) is 0 Å². The molecule has 0 atom stereocenters. The monoisotopic (exact) mass is 665 g/mol. The fraction of sp³-hybridized carbons (Fsp3) is 0. The van der Waals surface area contributed by atoms with E-state index in [1.165, 1.54) is 69.7 Å². The van der Waals surface area contributed by atoms with E-state index in [-0.39, 0.29) is 0 Å². The lowest BCUT2D eigenvalue weighted by Gasteiger charge is -2.10. The van der Waals surface area contributed by atoms with Gasteiger partial charge < -0.3 is 0 Å². The van der Waals surface area contributed by atoms with Gasteiger partial charge >= 0.3 is 0 Å². The molecule has 10 aromatic rings. The zero-order valence-corrected chi connectivity index (χ0v) is 28.2. The lowest BCUT2D eigenvalue weighted by molar-refractivity contribution is 1.07. The maximum absolute atomic E-state index is 5.04. The van der Waals surface area contributed by atoms with E-state index in [1.54, 1.807) is 0 Å². The average Bonchev–Trinajstić information content (AvgIpc) is 3.73. The first-order chi connectivity index (χ1) is 25.2. The Hall–Kier alpha value is -6.49. The third kappa shape index (κ3) is 4.47. The molecule has 0 saturated heterocycles. The minimum absolute atomic E-state index is 0.655. The van der Waals surface area contributed by atoms with Crippen molar-refractivity contribution in [3.63, 3.8) is 0 Å². The number of fused-ring (bicyclic) bond motifs is 7. The zero-order chi connectivity index (χ0) is 33.5. The summed E-state index contributed by atoms with van der Waals surface area (Å²) in [6.07, 6.45) is 0. The van der Waals surface area contributed by atoms with Crippen molar-refractivity contribution in [2.24, 2.45) is 0 Å². The molecule has 51 heavy (non-hydrogen) atoms. The highest BCUT2D eigenvalue weighted by atomic mass is 32.1. The second kappa shape index (κ2) is 11.0. The van der Waals surface area contributed by atoms with Crippen LogP contribution >= 0.6 is 11.3 Å². The number of hydrogen-bond acceptors (Lipinski definition) is 4. The third-order valence-electron chi connectivity index (χ3n) is 10.2. The summed E-state index contributed by atoms with van der Waals surface area (Å²) in [4.78, 5) is 15.0. The summed E-state index contributed by atoms with van der Waals surface area (Å²) in [5.41, 5.74) is 10.6. The van der Waals surface area contributed by atoms with Crippen LogP contribution in [0.2, 0.25) is 0 Å². The maximum atomic E-state index is 5.04. The predicted octanol–water partition coefficient (Wildman–Crippen LogP) is 12.9. The molecule has 0 spiro atoms. The molecule has 11 rings (SSSR count). The molecule has 0 N–H and O–H groups in total. The largest absolute Gasteiger partial charge is 0.208 e. The predicted molar refractivity (Wildman–Crippen MR) is 214 cm³/mol. The summed E-state index contributed by atoms with van der Waals surface area (Å²) in [7, 11) is 0. The normalized spacial score (nSPS) is 11.9. The van der Waals surface area contributed by atoms with Crippen molar-refractivity contribution in [2.75, 3.05) is 0 Å². The second-order valence-electron chi connectivity index (χ2n) is 13.2. The van der Waals surface area contributed by atoms with Gasteiger partial charge in [-0.15, -0.1) is 11.3 Å². The Labute approximate surface area is 298 Å². The van der Waals surface area contributed by atoms with Crippen molar-refractivity contribution in [1.82, 2.24) is 15.0 Å². The zero-order valence-electron chi connectivity index (χ0n) is 27.3. The van der Waals surface area contributed by atoms with Crippen LogP contribution in [0.25, 0.3) is 109 Å². The quantitative estimate of drug-likeness (QED) is 0.188. The maximum Gasteiger partial charge on any atom is 0.164 e. The first-order valence-electron chi connectivity index (χ1n) is 17.2. The van der Waals surface area contributed by atoms with E-state index in [9.17, 15) is 0 Å². The molecule has 3 nitrogen and oxygen atoms in total.